The molecule has 0 spiro atoms. The van der Waals surface area contributed by atoms with E-state index in [2.05, 4.69) is 5.32 Å². The Morgan fingerprint density at radius 1 is 1.58 bits per heavy atom. The van der Waals surface area contributed by atoms with E-state index in [0.29, 0.717) is 0 Å². The molecule has 3 heteroatoms. The van der Waals surface area contributed by atoms with E-state index in [1.54, 1.807) is 0 Å². The monoisotopic (exact) mass is 171 g/mol. The number of amides is 1. The number of aldehydes is 1. The molecule has 0 aromatic heterocycles. The topological polar surface area (TPSA) is 46.2 Å². The third-order valence-electron chi connectivity index (χ3n) is 2.25. The van der Waals surface area contributed by atoms with Gasteiger partial charge in [0.2, 0.25) is 5.91 Å². The van der Waals surface area contributed by atoms with Gasteiger partial charge in [0.05, 0.1) is 6.04 Å². The van der Waals surface area contributed by atoms with Gasteiger partial charge in [0.25, 0.3) is 0 Å². The fraction of sp³-hybridized carbons (Fsp3) is 0.778. The van der Waals surface area contributed by atoms with Crippen LogP contribution >= 0.6 is 0 Å². The number of carbonyl (C=O) groups is 2. The summed E-state index contributed by atoms with van der Waals surface area (Å²) in [6, 6.07) is -0.375. The predicted octanol–water partition coefficient (Wildman–Crippen LogP) is 1.13. The van der Waals surface area contributed by atoms with E-state index < -0.39 is 0 Å². The molecule has 0 bridgehead atoms. The van der Waals surface area contributed by atoms with Crippen LogP contribution in [0, 0.1) is 5.41 Å². The zero-order valence-electron chi connectivity index (χ0n) is 8.18. The van der Waals surface area contributed by atoms with Crippen molar-refractivity contribution in [2.75, 3.05) is 0 Å². The van der Waals surface area contributed by atoms with Gasteiger partial charge in [-0.3, -0.25) is 4.79 Å². The number of nitrogens with one attached hydrogen (secondary N) is 1. The second-order valence-corrected chi connectivity index (χ2v) is 3.66. The van der Waals surface area contributed by atoms with Crippen LogP contribution in [0.15, 0.2) is 0 Å². The van der Waals surface area contributed by atoms with Gasteiger partial charge in [-0.05, 0) is 11.8 Å². The molecule has 1 atom stereocenters. The Bertz CT molecular complexity index is 175. The molecular weight excluding hydrogens is 154 g/mol. The van der Waals surface area contributed by atoms with Crippen LogP contribution in [-0.4, -0.2) is 18.2 Å². The molecule has 0 aromatic rings. The van der Waals surface area contributed by atoms with Crippen molar-refractivity contribution in [2.45, 2.75) is 40.2 Å². The molecule has 70 valence electrons. The first-order valence-corrected chi connectivity index (χ1v) is 4.16. The van der Waals surface area contributed by atoms with Crippen LogP contribution in [0.5, 0.6) is 0 Å². The molecule has 0 saturated carbocycles. The summed E-state index contributed by atoms with van der Waals surface area (Å²) in [5.74, 6) is -0.159. The fourth-order valence-electron chi connectivity index (χ4n) is 0.852. The van der Waals surface area contributed by atoms with E-state index >= 15 is 0 Å². The van der Waals surface area contributed by atoms with E-state index in [1.807, 2.05) is 20.8 Å². The van der Waals surface area contributed by atoms with Crippen LogP contribution in [0.2, 0.25) is 0 Å². The summed E-state index contributed by atoms with van der Waals surface area (Å²) in [4.78, 5) is 21.3. The average Bonchev–Trinajstić information content (AvgIpc) is 1.99. The SMILES string of the molecule is CCC(C)(C)C(C=O)NC(C)=O. The first-order chi connectivity index (χ1) is 5.44. The van der Waals surface area contributed by atoms with E-state index in [0.717, 1.165) is 12.7 Å². The van der Waals surface area contributed by atoms with Gasteiger partial charge in [0, 0.05) is 6.92 Å². The number of hydrogen-bond acceptors (Lipinski definition) is 2. The van der Waals surface area contributed by atoms with Crippen molar-refractivity contribution in [2.24, 2.45) is 5.41 Å². The molecule has 0 fully saturated rings. The molecular formula is C9H17NO2. The van der Waals surface area contributed by atoms with Crippen LogP contribution in [0.4, 0.5) is 0 Å². The summed E-state index contributed by atoms with van der Waals surface area (Å²) in [5.41, 5.74) is -0.159. The highest BCUT2D eigenvalue weighted by molar-refractivity contribution is 5.77. The number of rotatable bonds is 4. The van der Waals surface area contributed by atoms with Crippen molar-refractivity contribution in [3.8, 4) is 0 Å². The highest BCUT2D eigenvalue weighted by Crippen LogP contribution is 2.23. The predicted molar refractivity (Wildman–Crippen MR) is 47.7 cm³/mol. The Labute approximate surface area is 73.5 Å². The minimum Gasteiger partial charge on any atom is -0.346 e. The van der Waals surface area contributed by atoms with E-state index in [-0.39, 0.29) is 17.4 Å². The lowest BCUT2D eigenvalue weighted by molar-refractivity contribution is -0.124. The molecule has 1 amide bonds. The maximum Gasteiger partial charge on any atom is 0.217 e. The Balaban J connectivity index is 4.33. The van der Waals surface area contributed by atoms with Crippen molar-refractivity contribution >= 4 is 12.2 Å². The molecule has 0 aromatic carbocycles. The minimum absolute atomic E-state index is 0.159. The van der Waals surface area contributed by atoms with E-state index in [1.165, 1.54) is 6.92 Å². The summed E-state index contributed by atoms with van der Waals surface area (Å²) in [7, 11) is 0. The molecule has 1 unspecified atom stereocenters. The average molecular weight is 171 g/mol. The highest BCUT2D eigenvalue weighted by atomic mass is 16.2. The molecule has 0 heterocycles. The summed E-state index contributed by atoms with van der Waals surface area (Å²) in [5, 5.41) is 2.61. The second-order valence-electron chi connectivity index (χ2n) is 3.66. The highest BCUT2D eigenvalue weighted by Gasteiger charge is 2.27. The fourth-order valence-corrected chi connectivity index (χ4v) is 0.852. The van der Waals surface area contributed by atoms with Crippen molar-refractivity contribution in [3.05, 3.63) is 0 Å². The summed E-state index contributed by atoms with van der Waals surface area (Å²) in [6.45, 7) is 7.34. The Morgan fingerprint density at radius 2 is 2.08 bits per heavy atom. The molecule has 0 saturated heterocycles. The molecule has 0 rings (SSSR count). The molecule has 0 aliphatic rings. The zero-order valence-corrected chi connectivity index (χ0v) is 8.18. The Hall–Kier alpha value is -0.860. The van der Waals surface area contributed by atoms with Gasteiger partial charge >= 0.3 is 0 Å². The molecule has 1 N–H and O–H groups in total. The summed E-state index contributed by atoms with van der Waals surface area (Å²) in [6.07, 6.45) is 1.65. The molecule has 0 aliphatic heterocycles. The standard InChI is InChI=1S/C9H17NO2/c1-5-9(3,4)8(6-11)10-7(2)12/h6,8H,5H2,1-4H3,(H,10,12). The van der Waals surface area contributed by atoms with Crippen LogP contribution < -0.4 is 5.32 Å². The van der Waals surface area contributed by atoms with Gasteiger partial charge in [-0.1, -0.05) is 20.8 Å². The van der Waals surface area contributed by atoms with Crippen molar-refractivity contribution in [1.29, 1.82) is 0 Å². The normalized spacial score (nSPS) is 13.7. The first kappa shape index (κ1) is 11.1. The third-order valence-corrected chi connectivity index (χ3v) is 2.25. The Morgan fingerprint density at radius 3 is 2.33 bits per heavy atom. The lowest BCUT2D eigenvalue weighted by Crippen LogP contribution is -2.45. The maximum absolute atomic E-state index is 10.7. The Kier molecular flexibility index (Phi) is 3.93. The van der Waals surface area contributed by atoms with Gasteiger partial charge in [-0.2, -0.15) is 0 Å². The van der Waals surface area contributed by atoms with Crippen molar-refractivity contribution in [1.82, 2.24) is 5.32 Å². The third kappa shape index (κ3) is 3.03. The van der Waals surface area contributed by atoms with Crippen LogP contribution in [0.3, 0.4) is 0 Å². The smallest absolute Gasteiger partial charge is 0.217 e. The number of hydrogen-bond donors (Lipinski definition) is 1. The molecule has 0 radical (unpaired) electrons. The summed E-state index contributed by atoms with van der Waals surface area (Å²) >= 11 is 0. The van der Waals surface area contributed by atoms with Crippen molar-refractivity contribution in [3.63, 3.8) is 0 Å². The quantitative estimate of drug-likeness (QED) is 0.644. The van der Waals surface area contributed by atoms with Gasteiger partial charge in [-0.15, -0.1) is 0 Å². The zero-order chi connectivity index (χ0) is 9.78. The second kappa shape index (κ2) is 4.24. The van der Waals surface area contributed by atoms with Crippen LogP contribution in [-0.2, 0) is 9.59 Å². The van der Waals surface area contributed by atoms with Gasteiger partial charge in [-0.25, -0.2) is 0 Å². The molecule has 0 aliphatic carbocycles. The first-order valence-electron chi connectivity index (χ1n) is 4.16. The lowest BCUT2D eigenvalue weighted by Gasteiger charge is -2.29. The lowest BCUT2D eigenvalue weighted by atomic mass is 9.82. The van der Waals surface area contributed by atoms with Gasteiger partial charge < -0.3 is 10.1 Å². The largest absolute Gasteiger partial charge is 0.346 e. The van der Waals surface area contributed by atoms with Crippen LogP contribution in [0.1, 0.15) is 34.1 Å². The molecule has 3 nitrogen and oxygen atoms in total. The van der Waals surface area contributed by atoms with E-state index in [9.17, 15) is 9.59 Å². The maximum atomic E-state index is 10.7. The molecule has 12 heavy (non-hydrogen) atoms. The number of carbonyl (C=O) groups excluding carboxylic acids is 2. The van der Waals surface area contributed by atoms with Gasteiger partial charge in [0.15, 0.2) is 0 Å². The minimum atomic E-state index is -0.375. The van der Waals surface area contributed by atoms with Crippen LogP contribution in [0.25, 0.3) is 0 Å². The van der Waals surface area contributed by atoms with E-state index in [4.69, 9.17) is 0 Å². The van der Waals surface area contributed by atoms with Crippen molar-refractivity contribution < 1.29 is 9.59 Å². The van der Waals surface area contributed by atoms with Gasteiger partial charge in [0.1, 0.15) is 6.29 Å². The summed E-state index contributed by atoms with van der Waals surface area (Å²) < 4.78 is 0.